The number of methoxy groups -OCH3 is 1. The molecular formula is C24H27N3O4S. The molecule has 0 saturated carbocycles. The molecule has 0 radical (unpaired) electrons. The van der Waals surface area contributed by atoms with Gasteiger partial charge in [0.25, 0.3) is 5.91 Å². The first-order chi connectivity index (χ1) is 15.4. The number of ether oxygens (including phenoxy) is 1. The first kappa shape index (κ1) is 24.8. The third kappa shape index (κ3) is 7.06. The van der Waals surface area contributed by atoms with E-state index in [0.29, 0.717) is 34.7 Å². The molecule has 0 spiro atoms. The van der Waals surface area contributed by atoms with E-state index in [4.69, 9.17) is 11.2 Å². The molecular weight excluding hydrogens is 426 g/mol. The summed E-state index contributed by atoms with van der Waals surface area (Å²) in [5.74, 6) is 2.47. The zero-order chi connectivity index (χ0) is 23.5. The number of hydrogen-bond donors (Lipinski definition) is 2. The highest BCUT2D eigenvalue weighted by molar-refractivity contribution is 7.98. The van der Waals surface area contributed by atoms with Crippen LogP contribution in [0.25, 0.3) is 0 Å². The number of anilines is 1. The molecule has 1 unspecified atom stereocenters. The molecule has 3 amide bonds. The van der Waals surface area contributed by atoms with Crippen LogP contribution in [-0.4, -0.2) is 61.4 Å². The quantitative estimate of drug-likeness (QED) is 0.540. The third-order valence-corrected chi connectivity index (χ3v) is 5.28. The molecule has 168 valence electrons. The Morgan fingerprint density at radius 3 is 2.62 bits per heavy atom. The van der Waals surface area contributed by atoms with E-state index < -0.39 is 11.9 Å². The van der Waals surface area contributed by atoms with Crippen molar-refractivity contribution in [2.75, 3.05) is 38.0 Å². The van der Waals surface area contributed by atoms with Gasteiger partial charge < -0.3 is 20.3 Å². The van der Waals surface area contributed by atoms with Crippen molar-refractivity contribution in [2.24, 2.45) is 0 Å². The van der Waals surface area contributed by atoms with Crippen LogP contribution in [0.1, 0.15) is 22.3 Å². The lowest BCUT2D eigenvalue weighted by Gasteiger charge is -2.24. The Hall–Kier alpha value is -3.44. The molecule has 0 saturated heterocycles. The second-order valence-corrected chi connectivity index (χ2v) is 7.96. The highest BCUT2D eigenvalue weighted by Crippen LogP contribution is 2.18. The monoisotopic (exact) mass is 453 g/mol. The zero-order valence-corrected chi connectivity index (χ0v) is 19.2. The third-order valence-electron chi connectivity index (χ3n) is 4.64. The summed E-state index contributed by atoms with van der Waals surface area (Å²) in [5.41, 5.74) is 1.53. The van der Waals surface area contributed by atoms with Crippen molar-refractivity contribution in [1.82, 2.24) is 10.2 Å². The highest BCUT2D eigenvalue weighted by Gasteiger charge is 2.26. The number of likely N-dealkylation sites (N-methyl/N-ethyl adjacent to an activating group) is 1. The maximum Gasteiger partial charge on any atom is 0.255 e. The van der Waals surface area contributed by atoms with Crippen LogP contribution in [0.3, 0.4) is 0 Å². The summed E-state index contributed by atoms with van der Waals surface area (Å²) in [5, 5.41) is 5.51. The molecule has 2 aromatic rings. The number of carbonyl (C=O) groups excluding carboxylic acids is 3. The van der Waals surface area contributed by atoms with Crippen LogP contribution in [0.2, 0.25) is 0 Å². The lowest BCUT2D eigenvalue weighted by molar-refractivity contribution is -0.135. The Morgan fingerprint density at radius 1 is 1.19 bits per heavy atom. The minimum absolute atomic E-state index is 0.167. The number of nitrogens with one attached hydrogen (secondary N) is 2. The van der Waals surface area contributed by atoms with Gasteiger partial charge in [-0.05, 0) is 48.8 Å². The molecule has 2 rings (SSSR count). The Kier molecular flexibility index (Phi) is 9.64. The van der Waals surface area contributed by atoms with E-state index in [0.717, 1.165) is 0 Å². The first-order valence-corrected chi connectivity index (χ1v) is 11.3. The van der Waals surface area contributed by atoms with Crippen LogP contribution in [0.15, 0.2) is 48.5 Å². The minimum Gasteiger partial charge on any atom is -0.496 e. The molecule has 1 atom stereocenters. The summed E-state index contributed by atoms with van der Waals surface area (Å²) in [7, 11) is 3.01. The number of benzene rings is 2. The lowest BCUT2D eigenvalue weighted by atomic mass is 10.1. The van der Waals surface area contributed by atoms with Crippen molar-refractivity contribution >= 4 is 35.2 Å². The molecule has 2 aromatic carbocycles. The number of nitrogens with zero attached hydrogens (tertiary/aromatic N) is 1. The van der Waals surface area contributed by atoms with E-state index in [1.807, 2.05) is 6.26 Å². The van der Waals surface area contributed by atoms with Crippen LogP contribution in [0.4, 0.5) is 5.69 Å². The number of para-hydroxylation sites is 1. The smallest absolute Gasteiger partial charge is 0.255 e. The topological polar surface area (TPSA) is 87.7 Å². The van der Waals surface area contributed by atoms with Gasteiger partial charge in [-0.15, -0.1) is 6.42 Å². The molecule has 2 N–H and O–H groups in total. The van der Waals surface area contributed by atoms with Crippen molar-refractivity contribution in [1.29, 1.82) is 0 Å². The van der Waals surface area contributed by atoms with Crippen molar-refractivity contribution in [2.45, 2.75) is 12.5 Å². The van der Waals surface area contributed by atoms with Gasteiger partial charge in [0.1, 0.15) is 11.8 Å². The van der Waals surface area contributed by atoms with E-state index in [1.165, 1.54) is 19.1 Å². The van der Waals surface area contributed by atoms with E-state index in [9.17, 15) is 14.4 Å². The number of hydrogen-bond acceptors (Lipinski definition) is 5. The predicted molar refractivity (Wildman–Crippen MR) is 128 cm³/mol. The summed E-state index contributed by atoms with van der Waals surface area (Å²) in [6.07, 6.45) is 7.73. The van der Waals surface area contributed by atoms with Gasteiger partial charge in [-0.1, -0.05) is 24.1 Å². The zero-order valence-electron chi connectivity index (χ0n) is 18.4. The van der Waals surface area contributed by atoms with E-state index in [1.54, 1.807) is 60.3 Å². The van der Waals surface area contributed by atoms with Crippen LogP contribution in [0.5, 0.6) is 5.75 Å². The largest absolute Gasteiger partial charge is 0.496 e. The van der Waals surface area contributed by atoms with Crippen molar-refractivity contribution in [3.8, 4) is 18.1 Å². The molecule has 0 fully saturated rings. The first-order valence-electron chi connectivity index (χ1n) is 9.94. The van der Waals surface area contributed by atoms with Gasteiger partial charge in [0.15, 0.2) is 0 Å². The van der Waals surface area contributed by atoms with Crippen LogP contribution in [0, 0.1) is 12.3 Å². The Morgan fingerprint density at radius 2 is 1.94 bits per heavy atom. The van der Waals surface area contributed by atoms with Crippen LogP contribution >= 0.6 is 11.8 Å². The second kappa shape index (κ2) is 12.4. The molecule has 0 aliphatic heterocycles. The van der Waals surface area contributed by atoms with Gasteiger partial charge in [-0.3, -0.25) is 14.4 Å². The lowest BCUT2D eigenvalue weighted by Crippen LogP contribution is -2.49. The molecule has 0 aromatic heterocycles. The fourth-order valence-electron chi connectivity index (χ4n) is 3.01. The van der Waals surface area contributed by atoms with Gasteiger partial charge in [0.2, 0.25) is 11.8 Å². The molecule has 0 bridgehead atoms. The molecule has 0 heterocycles. The summed E-state index contributed by atoms with van der Waals surface area (Å²) >= 11 is 1.57. The minimum atomic E-state index is -0.776. The molecule has 7 nitrogen and oxygen atoms in total. The van der Waals surface area contributed by atoms with Gasteiger partial charge in [-0.2, -0.15) is 11.8 Å². The SMILES string of the molecule is C#Cc1cccc(NC(=O)CN(C)C(=O)C(CCSC)NC(=O)c2ccccc2OC)c1. The highest BCUT2D eigenvalue weighted by atomic mass is 32.2. The van der Waals surface area contributed by atoms with Gasteiger partial charge in [0.05, 0.1) is 19.2 Å². The van der Waals surface area contributed by atoms with E-state index in [2.05, 4.69) is 16.6 Å². The van der Waals surface area contributed by atoms with Gasteiger partial charge >= 0.3 is 0 Å². The number of terminal acetylenes is 1. The maximum absolute atomic E-state index is 13.0. The van der Waals surface area contributed by atoms with E-state index in [-0.39, 0.29) is 18.4 Å². The number of carbonyl (C=O) groups is 3. The number of thioether (sulfide) groups is 1. The Labute approximate surface area is 192 Å². The molecule has 0 aliphatic rings. The number of amides is 3. The van der Waals surface area contributed by atoms with Crippen LogP contribution in [-0.2, 0) is 9.59 Å². The Balaban J connectivity index is 2.06. The average molecular weight is 454 g/mol. The number of rotatable bonds is 10. The Bertz CT molecular complexity index is 1000. The van der Waals surface area contributed by atoms with Crippen molar-refractivity contribution in [3.63, 3.8) is 0 Å². The fourth-order valence-corrected chi connectivity index (χ4v) is 3.48. The fraction of sp³-hybridized carbons (Fsp3) is 0.292. The summed E-state index contributed by atoms with van der Waals surface area (Å²) < 4.78 is 5.24. The second-order valence-electron chi connectivity index (χ2n) is 6.98. The molecule has 8 heteroatoms. The predicted octanol–water partition coefficient (Wildman–Crippen LogP) is 2.63. The standard InChI is InChI=1S/C24H27N3O4S/c1-5-17-9-8-10-18(15-17)25-22(28)16-27(2)24(30)20(13-14-32-4)26-23(29)19-11-6-7-12-21(19)31-3/h1,6-12,15,20H,13-14,16H2,2-4H3,(H,25,28)(H,26,29). The van der Waals surface area contributed by atoms with Crippen molar-refractivity contribution < 1.29 is 19.1 Å². The molecule has 0 aliphatic carbocycles. The maximum atomic E-state index is 13.0. The van der Waals surface area contributed by atoms with E-state index >= 15 is 0 Å². The summed E-state index contributed by atoms with van der Waals surface area (Å²) in [6, 6.07) is 12.9. The molecule has 32 heavy (non-hydrogen) atoms. The average Bonchev–Trinajstić information content (AvgIpc) is 2.80. The normalized spacial score (nSPS) is 11.1. The summed E-state index contributed by atoms with van der Waals surface area (Å²) in [4.78, 5) is 39.5. The van der Waals surface area contributed by atoms with Gasteiger partial charge in [-0.25, -0.2) is 0 Å². The van der Waals surface area contributed by atoms with Crippen LogP contribution < -0.4 is 15.4 Å². The van der Waals surface area contributed by atoms with Gasteiger partial charge in [0, 0.05) is 18.3 Å². The summed E-state index contributed by atoms with van der Waals surface area (Å²) in [6.45, 7) is -0.167. The van der Waals surface area contributed by atoms with Crippen molar-refractivity contribution in [3.05, 3.63) is 59.7 Å².